The van der Waals surface area contributed by atoms with Gasteiger partial charge in [-0.2, -0.15) is 0 Å². The number of rotatable bonds is 3. The van der Waals surface area contributed by atoms with Gasteiger partial charge in [0.05, 0.1) is 11.7 Å². The molecule has 0 aliphatic carbocycles. The van der Waals surface area contributed by atoms with E-state index in [1.165, 1.54) is 0 Å². The van der Waals surface area contributed by atoms with Crippen LogP contribution in [0.5, 0.6) is 0 Å². The molecule has 1 aromatic rings. The number of nitrogens with zero attached hydrogens (tertiary/aromatic N) is 2. The van der Waals surface area contributed by atoms with E-state index < -0.39 is 0 Å². The summed E-state index contributed by atoms with van der Waals surface area (Å²) in [6.45, 7) is 2.77. The quantitative estimate of drug-likeness (QED) is 0.629. The number of nitrogens with two attached hydrogens (primary N) is 1. The Balaban J connectivity index is 2.06. The molecule has 0 saturated carbocycles. The molecule has 2 atom stereocenters. The molecule has 104 valence electrons. The van der Waals surface area contributed by atoms with Crippen LogP contribution in [0.2, 0.25) is 0 Å². The summed E-state index contributed by atoms with van der Waals surface area (Å²) in [5.41, 5.74) is 3.03. The first-order valence-electron chi connectivity index (χ1n) is 6.42. The molecule has 0 radical (unpaired) electrons. The van der Waals surface area contributed by atoms with Crippen molar-refractivity contribution in [1.82, 2.24) is 9.88 Å². The van der Waals surface area contributed by atoms with Crippen molar-refractivity contribution in [2.45, 2.75) is 31.9 Å². The maximum absolute atomic E-state index is 12.4. The fraction of sp³-hybridized carbons (Fsp3) is 0.538. The summed E-state index contributed by atoms with van der Waals surface area (Å²) >= 11 is 0. The first kappa shape index (κ1) is 13.8. The molecule has 0 bridgehead atoms. The van der Waals surface area contributed by atoms with Crippen molar-refractivity contribution in [3.63, 3.8) is 0 Å². The molecule has 1 aromatic heterocycles. The van der Waals surface area contributed by atoms with Crippen LogP contribution in [0.3, 0.4) is 0 Å². The number of nitrogen functional groups attached to an aromatic ring is 1. The van der Waals surface area contributed by atoms with Gasteiger partial charge in [-0.05, 0) is 31.9 Å². The largest absolute Gasteiger partial charge is 0.381 e. The van der Waals surface area contributed by atoms with Gasteiger partial charge in [0, 0.05) is 25.9 Å². The van der Waals surface area contributed by atoms with Gasteiger partial charge in [0.2, 0.25) is 0 Å². The Morgan fingerprint density at radius 2 is 2.37 bits per heavy atom. The third-order valence-corrected chi connectivity index (χ3v) is 3.58. The van der Waals surface area contributed by atoms with Gasteiger partial charge >= 0.3 is 0 Å². The van der Waals surface area contributed by atoms with E-state index in [2.05, 4.69) is 10.4 Å². The second kappa shape index (κ2) is 5.99. The molecule has 1 saturated heterocycles. The predicted octanol–water partition coefficient (Wildman–Crippen LogP) is 1.01. The summed E-state index contributed by atoms with van der Waals surface area (Å²) in [6, 6.07) is 3.61. The topological polar surface area (TPSA) is 80.5 Å². The maximum atomic E-state index is 12.4. The highest BCUT2D eigenvalue weighted by molar-refractivity contribution is 5.94. The first-order chi connectivity index (χ1) is 9.15. The van der Waals surface area contributed by atoms with Crippen LogP contribution in [-0.4, -0.2) is 41.6 Å². The molecule has 2 heterocycles. The summed E-state index contributed by atoms with van der Waals surface area (Å²) in [5.74, 6) is 5.81. The summed E-state index contributed by atoms with van der Waals surface area (Å²) in [5, 5.41) is 0. The Hall–Kier alpha value is -1.66. The number of likely N-dealkylation sites (tertiary alicyclic amines) is 1. The molecule has 0 aromatic carbocycles. The Labute approximate surface area is 112 Å². The van der Waals surface area contributed by atoms with Gasteiger partial charge in [-0.15, -0.1) is 0 Å². The number of hydrogen-bond acceptors (Lipinski definition) is 5. The van der Waals surface area contributed by atoms with Crippen LogP contribution in [0.15, 0.2) is 18.3 Å². The predicted molar refractivity (Wildman–Crippen MR) is 72.6 cm³/mol. The van der Waals surface area contributed by atoms with Gasteiger partial charge in [0.1, 0.15) is 5.82 Å². The average molecular weight is 264 g/mol. The minimum atomic E-state index is 0.0122. The fourth-order valence-electron chi connectivity index (χ4n) is 2.42. The Kier molecular flexibility index (Phi) is 4.34. The van der Waals surface area contributed by atoms with Crippen molar-refractivity contribution in [1.29, 1.82) is 0 Å². The highest BCUT2D eigenvalue weighted by Crippen LogP contribution is 2.21. The van der Waals surface area contributed by atoms with Crippen LogP contribution in [0.4, 0.5) is 5.82 Å². The smallest absolute Gasteiger partial charge is 0.255 e. The average Bonchev–Trinajstić information content (AvgIpc) is 2.46. The third-order valence-electron chi connectivity index (χ3n) is 3.58. The number of carbonyl (C=O) groups is 1. The molecule has 6 nitrogen and oxygen atoms in total. The monoisotopic (exact) mass is 264 g/mol. The van der Waals surface area contributed by atoms with Gasteiger partial charge in [-0.3, -0.25) is 4.79 Å². The molecule has 1 aliphatic rings. The van der Waals surface area contributed by atoms with E-state index in [0.29, 0.717) is 11.4 Å². The van der Waals surface area contributed by atoms with E-state index in [-0.39, 0.29) is 18.1 Å². The zero-order chi connectivity index (χ0) is 13.8. The summed E-state index contributed by atoms with van der Waals surface area (Å²) in [4.78, 5) is 18.3. The van der Waals surface area contributed by atoms with Crippen LogP contribution >= 0.6 is 0 Å². The number of nitrogens with one attached hydrogen (secondary N) is 1. The number of anilines is 1. The lowest BCUT2D eigenvalue weighted by Gasteiger charge is -2.37. The number of amides is 1. The number of methoxy groups -OCH3 is 1. The van der Waals surface area contributed by atoms with Crippen LogP contribution in [0.25, 0.3) is 0 Å². The lowest BCUT2D eigenvalue weighted by atomic mass is 10.00. The molecule has 1 amide bonds. The SMILES string of the molecule is COC1CCN(C(=O)c2ccc(NN)nc2)C(C)C1. The number of piperidine rings is 1. The molecule has 2 rings (SSSR count). The maximum Gasteiger partial charge on any atom is 0.255 e. The van der Waals surface area contributed by atoms with Gasteiger partial charge in [0.25, 0.3) is 5.91 Å². The summed E-state index contributed by atoms with van der Waals surface area (Å²) < 4.78 is 5.35. The Bertz CT molecular complexity index is 435. The normalized spacial score (nSPS) is 23.2. The zero-order valence-electron chi connectivity index (χ0n) is 11.3. The van der Waals surface area contributed by atoms with Crippen molar-refractivity contribution in [3.05, 3.63) is 23.9 Å². The molecule has 1 fully saturated rings. The van der Waals surface area contributed by atoms with E-state index in [1.54, 1.807) is 25.4 Å². The van der Waals surface area contributed by atoms with Crippen molar-refractivity contribution in [2.24, 2.45) is 5.84 Å². The number of carbonyl (C=O) groups excluding carboxylic acids is 1. The van der Waals surface area contributed by atoms with E-state index in [1.807, 2.05) is 11.8 Å². The second-order valence-corrected chi connectivity index (χ2v) is 4.81. The second-order valence-electron chi connectivity index (χ2n) is 4.81. The minimum absolute atomic E-state index is 0.0122. The highest BCUT2D eigenvalue weighted by atomic mass is 16.5. The highest BCUT2D eigenvalue weighted by Gasteiger charge is 2.29. The Morgan fingerprint density at radius 1 is 1.58 bits per heavy atom. The molecular formula is C13H20N4O2. The third kappa shape index (κ3) is 3.02. The van der Waals surface area contributed by atoms with Gasteiger partial charge in [-0.1, -0.05) is 0 Å². The van der Waals surface area contributed by atoms with E-state index in [9.17, 15) is 4.79 Å². The lowest BCUT2D eigenvalue weighted by Crippen LogP contribution is -2.46. The number of ether oxygens (including phenoxy) is 1. The Morgan fingerprint density at radius 3 is 2.89 bits per heavy atom. The number of aromatic nitrogens is 1. The van der Waals surface area contributed by atoms with Crippen molar-refractivity contribution < 1.29 is 9.53 Å². The standard InChI is InChI=1S/C13H20N4O2/c1-9-7-11(19-2)5-6-17(9)13(18)10-3-4-12(16-14)15-8-10/h3-4,8-9,11H,5-7,14H2,1-2H3,(H,15,16). The van der Waals surface area contributed by atoms with E-state index in [4.69, 9.17) is 10.6 Å². The van der Waals surface area contributed by atoms with Gasteiger partial charge < -0.3 is 15.1 Å². The molecule has 1 aliphatic heterocycles. The van der Waals surface area contributed by atoms with E-state index >= 15 is 0 Å². The number of hydrogen-bond donors (Lipinski definition) is 2. The molecular weight excluding hydrogens is 244 g/mol. The van der Waals surface area contributed by atoms with Crippen LogP contribution < -0.4 is 11.3 Å². The number of hydrazine groups is 1. The van der Waals surface area contributed by atoms with Crippen molar-refractivity contribution in [3.8, 4) is 0 Å². The van der Waals surface area contributed by atoms with Crippen LogP contribution in [0, 0.1) is 0 Å². The lowest BCUT2D eigenvalue weighted by molar-refractivity contribution is 0.0160. The minimum Gasteiger partial charge on any atom is -0.381 e. The summed E-state index contributed by atoms with van der Waals surface area (Å²) in [6.07, 6.45) is 3.55. The summed E-state index contributed by atoms with van der Waals surface area (Å²) in [7, 11) is 1.72. The van der Waals surface area contributed by atoms with Gasteiger partial charge in [0.15, 0.2) is 0 Å². The molecule has 0 spiro atoms. The fourth-order valence-corrected chi connectivity index (χ4v) is 2.42. The van der Waals surface area contributed by atoms with Gasteiger partial charge in [-0.25, -0.2) is 10.8 Å². The first-order valence-corrected chi connectivity index (χ1v) is 6.42. The molecule has 6 heteroatoms. The van der Waals surface area contributed by atoms with Crippen LogP contribution in [-0.2, 0) is 4.74 Å². The van der Waals surface area contributed by atoms with Crippen molar-refractivity contribution in [2.75, 3.05) is 19.1 Å². The number of pyridine rings is 1. The molecule has 19 heavy (non-hydrogen) atoms. The molecule has 3 N–H and O–H groups in total. The van der Waals surface area contributed by atoms with Crippen LogP contribution in [0.1, 0.15) is 30.1 Å². The van der Waals surface area contributed by atoms with Crippen molar-refractivity contribution >= 4 is 11.7 Å². The molecule has 2 unspecified atom stereocenters. The zero-order valence-corrected chi connectivity index (χ0v) is 11.3. The van der Waals surface area contributed by atoms with E-state index in [0.717, 1.165) is 19.4 Å².